The van der Waals surface area contributed by atoms with Crippen LogP contribution in [-0.2, 0) is 5.41 Å². The zero-order valence-corrected chi connectivity index (χ0v) is 23.9. The van der Waals surface area contributed by atoms with Gasteiger partial charge >= 0.3 is 0 Å². The molecule has 0 amide bonds. The van der Waals surface area contributed by atoms with Crippen LogP contribution in [0.15, 0.2) is 129 Å². The molecule has 2 aromatic heterocycles. The zero-order valence-electron chi connectivity index (χ0n) is 23.9. The van der Waals surface area contributed by atoms with Crippen LogP contribution in [0.4, 0.5) is 17.3 Å². The van der Waals surface area contributed by atoms with Crippen molar-refractivity contribution in [2.75, 3.05) is 4.90 Å². The van der Waals surface area contributed by atoms with Crippen molar-refractivity contribution in [2.24, 2.45) is 0 Å². The fourth-order valence-corrected chi connectivity index (χ4v) is 6.53. The zero-order chi connectivity index (χ0) is 28.8. The highest BCUT2D eigenvalue weighted by molar-refractivity contribution is 5.98. The van der Waals surface area contributed by atoms with E-state index in [0.29, 0.717) is 0 Å². The molecule has 42 heavy (non-hydrogen) atoms. The highest BCUT2D eigenvalue weighted by atomic mass is 15.2. The van der Waals surface area contributed by atoms with Crippen LogP contribution in [-0.4, -0.2) is 9.97 Å². The second-order valence-electron chi connectivity index (χ2n) is 11.2. The Morgan fingerprint density at radius 1 is 0.690 bits per heavy atom. The predicted octanol–water partition coefficient (Wildman–Crippen LogP) is 10.4. The summed E-state index contributed by atoms with van der Waals surface area (Å²) in [7, 11) is 0. The minimum atomic E-state index is -0.372. The van der Waals surface area contributed by atoms with Crippen LogP contribution < -0.4 is 4.90 Å². The van der Waals surface area contributed by atoms with E-state index in [4.69, 9.17) is 9.97 Å². The molecule has 0 N–H and O–H groups in total. The molecule has 0 bridgehead atoms. The molecule has 1 aliphatic rings. The molecule has 0 atom stereocenters. The van der Waals surface area contributed by atoms with Gasteiger partial charge in [-0.2, -0.15) is 0 Å². The second kappa shape index (κ2) is 9.97. The van der Waals surface area contributed by atoms with Crippen LogP contribution >= 0.6 is 0 Å². The Morgan fingerprint density at radius 3 is 2.29 bits per heavy atom. The van der Waals surface area contributed by atoms with Gasteiger partial charge < -0.3 is 0 Å². The van der Waals surface area contributed by atoms with Gasteiger partial charge in [0.15, 0.2) is 0 Å². The normalized spacial score (nSPS) is 13.3. The average Bonchev–Trinajstić information content (AvgIpc) is 3.04. The number of fused-ring (bicyclic) bond motifs is 3. The van der Waals surface area contributed by atoms with E-state index in [0.717, 1.165) is 45.1 Å². The van der Waals surface area contributed by atoms with E-state index >= 15 is 0 Å². The molecular formula is C39H31N3. The van der Waals surface area contributed by atoms with E-state index < -0.39 is 0 Å². The largest absolute Gasteiger partial charge is 0.278 e. The highest BCUT2D eigenvalue weighted by Gasteiger charge is 2.40. The first-order valence-electron chi connectivity index (χ1n) is 14.2. The van der Waals surface area contributed by atoms with E-state index in [1.165, 1.54) is 27.5 Å². The predicted molar refractivity (Wildman–Crippen MR) is 177 cm³/mol. The summed E-state index contributed by atoms with van der Waals surface area (Å²) in [6.45, 7) is 12.8. The van der Waals surface area contributed by atoms with E-state index in [1.807, 2.05) is 42.7 Å². The topological polar surface area (TPSA) is 29.0 Å². The Balaban J connectivity index is 1.53. The summed E-state index contributed by atoms with van der Waals surface area (Å²) in [5.41, 5.74) is 9.87. The molecule has 7 rings (SSSR count). The maximum Gasteiger partial charge on any atom is 0.143 e. The van der Waals surface area contributed by atoms with E-state index in [-0.39, 0.29) is 5.41 Å². The first-order valence-corrected chi connectivity index (χ1v) is 14.2. The quantitative estimate of drug-likeness (QED) is 0.217. The lowest BCUT2D eigenvalue weighted by Gasteiger charge is -2.42. The monoisotopic (exact) mass is 541 g/mol. The molecule has 0 unspecified atom stereocenters. The molecular weight excluding hydrogens is 510 g/mol. The molecule has 0 saturated heterocycles. The minimum absolute atomic E-state index is 0.372. The maximum absolute atomic E-state index is 5.02. The number of rotatable bonds is 5. The van der Waals surface area contributed by atoms with Crippen molar-refractivity contribution < 1.29 is 0 Å². The number of pyridine rings is 2. The van der Waals surface area contributed by atoms with Gasteiger partial charge in [-0.1, -0.05) is 112 Å². The van der Waals surface area contributed by atoms with Crippen molar-refractivity contribution in [2.45, 2.75) is 19.3 Å². The smallest absolute Gasteiger partial charge is 0.143 e. The van der Waals surface area contributed by atoms with Crippen LogP contribution in [0.1, 0.15) is 36.1 Å². The minimum Gasteiger partial charge on any atom is -0.278 e. The maximum atomic E-state index is 5.02. The SMILES string of the molecule is C=Cc1cccc(-c2ccnc3c2C(C)(C)c2cc(-c4cccc5ccccc45)ccc2N3c2ccccn2)c1C=C. The van der Waals surface area contributed by atoms with Crippen molar-refractivity contribution in [1.29, 1.82) is 0 Å². The molecule has 0 saturated carbocycles. The molecule has 202 valence electrons. The molecule has 0 radical (unpaired) electrons. The summed E-state index contributed by atoms with van der Waals surface area (Å²) in [6.07, 6.45) is 7.57. The lowest BCUT2D eigenvalue weighted by molar-refractivity contribution is 0.629. The Labute approximate surface area is 247 Å². The van der Waals surface area contributed by atoms with Gasteiger partial charge in [0, 0.05) is 23.4 Å². The van der Waals surface area contributed by atoms with Crippen molar-refractivity contribution in [3.05, 3.63) is 151 Å². The second-order valence-corrected chi connectivity index (χ2v) is 11.2. The van der Waals surface area contributed by atoms with Crippen molar-refractivity contribution in [1.82, 2.24) is 9.97 Å². The van der Waals surface area contributed by atoms with E-state index in [9.17, 15) is 0 Å². The van der Waals surface area contributed by atoms with Gasteiger partial charge in [0.05, 0.1) is 5.69 Å². The van der Waals surface area contributed by atoms with Crippen LogP contribution in [0, 0.1) is 0 Å². The Hall–Kier alpha value is -5.28. The average molecular weight is 542 g/mol. The Bertz CT molecular complexity index is 2000. The summed E-state index contributed by atoms with van der Waals surface area (Å²) >= 11 is 0. The molecule has 3 heterocycles. The molecule has 6 aromatic rings. The Morgan fingerprint density at radius 2 is 1.48 bits per heavy atom. The van der Waals surface area contributed by atoms with Crippen molar-refractivity contribution in [3.8, 4) is 22.3 Å². The van der Waals surface area contributed by atoms with E-state index in [1.54, 1.807) is 0 Å². The highest BCUT2D eigenvalue weighted by Crippen LogP contribution is 2.54. The van der Waals surface area contributed by atoms with Gasteiger partial charge in [0.2, 0.25) is 0 Å². The lowest BCUT2D eigenvalue weighted by Crippen LogP contribution is -2.32. The summed E-state index contributed by atoms with van der Waals surface area (Å²) in [4.78, 5) is 12.0. The Kier molecular flexibility index (Phi) is 6.09. The third-order valence-electron chi connectivity index (χ3n) is 8.51. The number of aromatic nitrogens is 2. The molecule has 0 aliphatic carbocycles. The van der Waals surface area contributed by atoms with Gasteiger partial charge in [0.1, 0.15) is 11.6 Å². The summed E-state index contributed by atoms with van der Waals surface area (Å²) < 4.78 is 0. The molecule has 3 nitrogen and oxygen atoms in total. The van der Waals surface area contributed by atoms with Gasteiger partial charge in [-0.05, 0) is 80.0 Å². The number of anilines is 3. The number of nitrogens with zero attached hydrogens (tertiary/aromatic N) is 3. The number of benzene rings is 4. The number of hydrogen-bond acceptors (Lipinski definition) is 3. The first kappa shape index (κ1) is 25.7. The van der Waals surface area contributed by atoms with Gasteiger partial charge in [-0.3, -0.25) is 4.90 Å². The van der Waals surface area contributed by atoms with E-state index in [2.05, 4.69) is 117 Å². The van der Waals surface area contributed by atoms with Gasteiger partial charge in [-0.15, -0.1) is 0 Å². The van der Waals surface area contributed by atoms with Gasteiger partial charge in [0.25, 0.3) is 0 Å². The number of hydrogen-bond donors (Lipinski definition) is 0. The first-order chi connectivity index (χ1) is 20.5. The third-order valence-corrected chi connectivity index (χ3v) is 8.51. The summed E-state index contributed by atoms with van der Waals surface area (Å²) in [6, 6.07) is 36.4. The summed E-state index contributed by atoms with van der Waals surface area (Å²) in [5.74, 6) is 1.72. The molecule has 0 spiro atoms. The summed E-state index contributed by atoms with van der Waals surface area (Å²) in [5, 5.41) is 2.48. The van der Waals surface area contributed by atoms with Crippen LogP contribution in [0.3, 0.4) is 0 Å². The molecule has 0 fully saturated rings. The third kappa shape index (κ3) is 3.89. The van der Waals surface area contributed by atoms with Gasteiger partial charge in [-0.25, -0.2) is 9.97 Å². The van der Waals surface area contributed by atoms with Crippen LogP contribution in [0.2, 0.25) is 0 Å². The van der Waals surface area contributed by atoms with Crippen molar-refractivity contribution in [3.63, 3.8) is 0 Å². The molecule has 1 aliphatic heterocycles. The van der Waals surface area contributed by atoms with Crippen molar-refractivity contribution >= 4 is 40.2 Å². The lowest BCUT2D eigenvalue weighted by atomic mass is 9.71. The van der Waals surface area contributed by atoms with Crippen LogP contribution in [0.25, 0.3) is 45.2 Å². The fourth-order valence-electron chi connectivity index (χ4n) is 6.53. The standard InChI is InChI=1S/C39H31N3/c1-5-26-14-11-18-32(29(26)6-2)33-22-24-41-38-37(33)39(3,4)34-25-28(31-17-12-15-27-13-7-8-16-30(27)31)20-21-35(34)42(38)36-19-9-10-23-40-36/h5-25H,1-2H2,3-4H3. The van der Waals surface area contributed by atoms with Crippen LogP contribution in [0.5, 0.6) is 0 Å². The molecule has 4 aromatic carbocycles. The fraction of sp³-hybridized carbons (Fsp3) is 0.0769. The molecule has 3 heteroatoms.